The topological polar surface area (TPSA) is 91.6 Å². The number of nitrogens with zero attached hydrogens (tertiary/aromatic N) is 2. The second-order valence-corrected chi connectivity index (χ2v) is 8.80. The number of aryl methyl sites for hydroxylation is 1. The van der Waals surface area contributed by atoms with E-state index in [1.807, 2.05) is 60.4 Å². The van der Waals surface area contributed by atoms with E-state index in [9.17, 15) is 19.5 Å². The molecular weight excluding hydrogens is 430 g/mol. The monoisotopic (exact) mass is 459 g/mol. The molecule has 7 heteroatoms. The zero-order chi connectivity index (χ0) is 24.2. The van der Waals surface area contributed by atoms with Gasteiger partial charge in [-0.15, -0.1) is 0 Å². The van der Waals surface area contributed by atoms with Crippen LogP contribution in [0, 0.1) is 6.92 Å². The number of likely N-dealkylation sites (tertiary alicyclic amines) is 1. The highest BCUT2D eigenvalue weighted by Crippen LogP contribution is 2.28. The maximum absolute atomic E-state index is 13.2. The van der Waals surface area contributed by atoms with Gasteiger partial charge in [0.15, 0.2) is 0 Å². The number of hydrogen-bond acceptors (Lipinski definition) is 4. The zero-order valence-electron chi connectivity index (χ0n) is 19.5. The third-order valence-electron chi connectivity index (χ3n) is 6.44. The molecule has 1 aliphatic heterocycles. The molecule has 1 fully saturated rings. The maximum atomic E-state index is 13.2. The molecular formula is C27H29N3O4. The largest absolute Gasteiger partial charge is 0.480 e. The molecule has 3 aromatic rings. The fraction of sp³-hybridized carbons (Fsp3) is 0.296. The summed E-state index contributed by atoms with van der Waals surface area (Å²) in [6.07, 6.45) is 4.09. The number of carboxylic acid groups (broad SMARTS) is 1. The third-order valence-corrected chi connectivity index (χ3v) is 6.44. The van der Waals surface area contributed by atoms with Crippen molar-refractivity contribution in [3.63, 3.8) is 0 Å². The molecule has 1 aromatic heterocycles. The first-order chi connectivity index (χ1) is 16.3. The van der Waals surface area contributed by atoms with E-state index in [1.165, 1.54) is 4.57 Å². The Kier molecular flexibility index (Phi) is 6.93. The molecule has 0 saturated carbocycles. The summed E-state index contributed by atoms with van der Waals surface area (Å²) in [7, 11) is 1.61. The van der Waals surface area contributed by atoms with E-state index >= 15 is 0 Å². The van der Waals surface area contributed by atoms with Crippen molar-refractivity contribution in [3.8, 4) is 11.1 Å². The quantitative estimate of drug-likeness (QED) is 0.580. The number of rotatable bonds is 6. The fourth-order valence-corrected chi connectivity index (χ4v) is 4.62. The number of anilines is 1. The number of hydrogen-bond donors (Lipinski definition) is 2. The van der Waals surface area contributed by atoms with Crippen LogP contribution < -0.4 is 10.9 Å². The van der Waals surface area contributed by atoms with Crippen LogP contribution >= 0.6 is 0 Å². The van der Waals surface area contributed by atoms with Gasteiger partial charge in [0.05, 0.1) is 0 Å². The maximum Gasteiger partial charge on any atom is 0.320 e. The number of carbonyl (C=O) groups excluding carboxylic acids is 1. The molecule has 2 heterocycles. The average molecular weight is 460 g/mol. The van der Waals surface area contributed by atoms with E-state index in [2.05, 4.69) is 5.32 Å². The van der Waals surface area contributed by atoms with Gasteiger partial charge in [0.2, 0.25) is 0 Å². The summed E-state index contributed by atoms with van der Waals surface area (Å²) < 4.78 is 1.39. The summed E-state index contributed by atoms with van der Waals surface area (Å²) in [6.45, 7) is 2.98. The summed E-state index contributed by atoms with van der Waals surface area (Å²) in [5.41, 5.74) is 3.97. The zero-order valence-corrected chi connectivity index (χ0v) is 19.5. The van der Waals surface area contributed by atoms with Crippen LogP contribution in [-0.2, 0) is 18.4 Å². The number of aromatic nitrogens is 1. The van der Waals surface area contributed by atoms with Gasteiger partial charge in [-0.05, 0) is 60.7 Å². The van der Waals surface area contributed by atoms with Crippen molar-refractivity contribution >= 4 is 17.6 Å². The number of nitrogens with one attached hydrogen (secondary N) is 1. The lowest BCUT2D eigenvalue weighted by Crippen LogP contribution is -2.44. The highest BCUT2D eigenvalue weighted by atomic mass is 16.4. The van der Waals surface area contributed by atoms with Crippen molar-refractivity contribution in [1.29, 1.82) is 0 Å². The van der Waals surface area contributed by atoms with Crippen LogP contribution in [0.3, 0.4) is 0 Å². The van der Waals surface area contributed by atoms with Crippen LogP contribution in [-0.4, -0.2) is 39.0 Å². The predicted molar refractivity (Wildman–Crippen MR) is 132 cm³/mol. The number of piperidine rings is 1. The molecule has 1 amide bonds. The predicted octanol–water partition coefficient (Wildman–Crippen LogP) is 4.05. The number of amides is 1. The third kappa shape index (κ3) is 4.94. The number of carbonyl (C=O) groups is 2. The van der Waals surface area contributed by atoms with Crippen molar-refractivity contribution in [1.82, 2.24) is 9.47 Å². The molecule has 0 bridgehead atoms. The molecule has 4 rings (SSSR count). The van der Waals surface area contributed by atoms with E-state index in [-0.39, 0.29) is 5.56 Å². The van der Waals surface area contributed by atoms with Gasteiger partial charge in [-0.2, -0.15) is 0 Å². The molecule has 0 radical (unpaired) electrons. The van der Waals surface area contributed by atoms with Gasteiger partial charge in [-0.1, -0.05) is 48.9 Å². The number of benzene rings is 2. The van der Waals surface area contributed by atoms with Crippen molar-refractivity contribution in [3.05, 3.63) is 87.8 Å². The van der Waals surface area contributed by atoms with Crippen LogP contribution in [0.25, 0.3) is 11.1 Å². The summed E-state index contributed by atoms with van der Waals surface area (Å²) >= 11 is 0. The van der Waals surface area contributed by atoms with E-state index in [1.54, 1.807) is 19.3 Å². The lowest BCUT2D eigenvalue weighted by molar-refractivity contribution is -0.144. The Morgan fingerprint density at radius 3 is 2.59 bits per heavy atom. The minimum Gasteiger partial charge on any atom is -0.480 e. The number of carboxylic acids is 1. The standard InChI is InChI=1S/C27H29N3O4/c1-18-21(20-9-4-3-5-10-20)11-8-12-23(18)28-25(31)22-15-19(16-29(2)26(22)32)17-30-14-7-6-13-24(30)27(33)34/h3-5,8-12,15-16,24H,6-7,13-14,17H2,1-2H3,(H,28,31)(H,33,34)/t24-/m0/s1. The van der Waals surface area contributed by atoms with E-state index in [0.717, 1.165) is 35.1 Å². The van der Waals surface area contributed by atoms with E-state index in [0.29, 0.717) is 25.2 Å². The van der Waals surface area contributed by atoms with Crippen molar-refractivity contribution in [2.75, 3.05) is 11.9 Å². The Hall–Kier alpha value is -3.71. The first kappa shape index (κ1) is 23.4. The molecule has 2 N–H and O–H groups in total. The van der Waals surface area contributed by atoms with Crippen LogP contribution in [0.2, 0.25) is 0 Å². The van der Waals surface area contributed by atoms with Gasteiger partial charge >= 0.3 is 5.97 Å². The number of pyridine rings is 1. The highest BCUT2D eigenvalue weighted by Gasteiger charge is 2.28. The molecule has 1 aliphatic rings. The van der Waals surface area contributed by atoms with Crippen LogP contribution in [0.15, 0.2) is 65.6 Å². The lowest BCUT2D eigenvalue weighted by Gasteiger charge is -2.32. The summed E-state index contributed by atoms with van der Waals surface area (Å²) in [5.74, 6) is -1.32. The van der Waals surface area contributed by atoms with Crippen molar-refractivity contribution < 1.29 is 14.7 Å². The molecule has 1 atom stereocenters. The Bertz CT molecular complexity index is 1270. The second kappa shape index (κ2) is 10.1. The molecule has 34 heavy (non-hydrogen) atoms. The molecule has 176 valence electrons. The van der Waals surface area contributed by atoms with Gasteiger partial charge in [0, 0.05) is 25.5 Å². The van der Waals surface area contributed by atoms with Crippen molar-refractivity contribution in [2.24, 2.45) is 7.05 Å². The van der Waals surface area contributed by atoms with Gasteiger partial charge in [-0.3, -0.25) is 19.3 Å². The Morgan fingerprint density at radius 2 is 1.85 bits per heavy atom. The molecule has 0 spiro atoms. The minimum atomic E-state index is -0.837. The van der Waals surface area contributed by atoms with Crippen molar-refractivity contribution in [2.45, 2.75) is 38.8 Å². The Morgan fingerprint density at radius 1 is 1.09 bits per heavy atom. The first-order valence-electron chi connectivity index (χ1n) is 11.5. The van der Waals surface area contributed by atoms with Crippen LogP contribution in [0.4, 0.5) is 5.69 Å². The van der Waals surface area contributed by atoms with Gasteiger partial charge in [-0.25, -0.2) is 0 Å². The fourth-order valence-electron chi connectivity index (χ4n) is 4.62. The lowest BCUT2D eigenvalue weighted by atomic mass is 9.99. The Balaban J connectivity index is 1.60. The molecule has 2 aromatic carbocycles. The van der Waals surface area contributed by atoms with E-state index < -0.39 is 23.5 Å². The normalized spacial score (nSPS) is 16.2. The van der Waals surface area contributed by atoms with Gasteiger partial charge in [0.1, 0.15) is 11.6 Å². The van der Waals surface area contributed by atoms with Crippen LogP contribution in [0.5, 0.6) is 0 Å². The van der Waals surface area contributed by atoms with Gasteiger partial charge in [0.25, 0.3) is 11.5 Å². The summed E-state index contributed by atoms with van der Waals surface area (Å²) in [4.78, 5) is 39.5. The minimum absolute atomic E-state index is 0.0356. The molecule has 0 unspecified atom stereocenters. The summed E-state index contributed by atoms with van der Waals surface area (Å²) in [6, 6.07) is 16.6. The summed E-state index contributed by atoms with van der Waals surface area (Å²) in [5, 5.41) is 12.5. The molecule has 0 aliphatic carbocycles. The highest BCUT2D eigenvalue weighted by molar-refractivity contribution is 6.05. The smallest absolute Gasteiger partial charge is 0.320 e. The van der Waals surface area contributed by atoms with Gasteiger partial charge < -0.3 is 15.0 Å². The second-order valence-electron chi connectivity index (χ2n) is 8.80. The first-order valence-corrected chi connectivity index (χ1v) is 11.5. The average Bonchev–Trinajstić information content (AvgIpc) is 2.83. The SMILES string of the molecule is Cc1c(NC(=O)c2cc(CN3CCCC[C@H]3C(=O)O)cn(C)c2=O)cccc1-c1ccccc1. The molecule has 7 nitrogen and oxygen atoms in total. The van der Waals surface area contributed by atoms with Crippen LogP contribution in [0.1, 0.15) is 40.7 Å². The van der Waals surface area contributed by atoms with E-state index in [4.69, 9.17) is 0 Å². The molecule has 1 saturated heterocycles. The number of aliphatic carboxylic acids is 1. The Labute approximate surface area is 198 Å².